The first-order valence-corrected chi connectivity index (χ1v) is 9.42. The van der Waals surface area contributed by atoms with Gasteiger partial charge in [-0.3, -0.25) is 0 Å². The van der Waals surface area contributed by atoms with Crippen molar-refractivity contribution in [3.8, 4) is 0 Å². The molecule has 0 atom stereocenters. The van der Waals surface area contributed by atoms with Crippen LogP contribution in [0.15, 0.2) is 60.1 Å². The van der Waals surface area contributed by atoms with Crippen LogP contribution in [0.4, 0.5) is 22.0 Å². The van der Waals surface area contributed by atoms with Gasteiger partial charge < -0.3 is 5.73 Å². The van der Waals surface area contributed by atoms with Gasteiger partial charge in [-0.2, -0.15) is 4.39 Å². The molecule has 30 heavy (non-hydrogen) atoms. The predicted octanol–water partition coefficient (Wildman–Crippen LogP) is 5.42. The largest absolute Gasteiger partial charge is 0.399 e. The molecule has 2 aromatic carbocycles. The van der Waals surface area contributed by atoms with Gasteiger partial charge in [0.25, 0.3) is 0 Å². The second-order valence-electron chi connectivity index (χ2n) is 6.40. The van der Waals surface area contributed by atoms with Crippen molar-refractivity contribution < 1.29 is 22.0 Å². The van der Waals surface area contributed by atoms with Crippen LogP contribution in [0.3, 0.4) is 0 Å². The van der Waals surface area contributed by atoms with Crippen molar-refractivity contribution in [1.29, 1.82) is 0 Å². The Bertz CT molecular complexity index is 1060. The molecule has 0 aliphatic carbocycles. The fraction of sp³-hybridized carbons (Fsp3) is 0.0952. The summed E-state index contributed by atoms with van der Waals surface area (Å²) in [5.74, 6) is -7.40. The predicted molar refractivity (Wildman–Crippen MR) is 105 cm³/mol. The summed E-state index contributed by atoms with van der Waals surface area (Å²) in [6.07, 6.45) is 1.30. The Kier molecular flexibility index (Phi) is 6.73. The maximum absolute atomic E-state index is 14.2. The molecule has 1 heterocycles. The first-order valence-electron chi connectivity index (χ1n) is 8.64. The molecule has 3 nitrogen and oxygen atoms in total. The lowest BCUT2D eigenvalue weighted by molar-refractivity contribution is 0.395. The molecule has 0 saturated carbocycles. The van der Waals surface area contributed by atoms with Crippen molar-refractivity contribution in [2.75, 3.05) is 0 Å². The van der Waals surface area contributed by atoms with Gasteiger partial charge in [0.2, 0.25) is 5.95 Å². The van der Waals surface area contributed by atoms with Crippen LogP contribution in [0.25, 0.3) is 5.70 Å². The van der Waals surface area contributed by atoms with Crippen LogP contribution >= 0.6 is 11.9 Å². The number of halogens is 5. The maximum Gasteiger partial charge on any atom is 0.212 e. The van der Waals surface area contributed by atoms with E-state index in [1.54, 1.807) is 28.6 Å². The molecule has 0 saturated heterocycles. The third-order valence-corrected chi connectivity index (χ3v) is 5.14. The summed E-state index contributed by atoms with van der Waals surface area (Å²) in [5.41, 5.74) is 8.14. The highest BCUT2D eigenvalue weighted by Gasteiger charge is 2.21. The van der Waals surface area contributed by atoms with E-state index >= 15 is 0 Å². The van der Waals surface area contributed by atoms with Gasteiger partial charge in [0, 0.05) is 25.0 Å². The molecule has 0 bridgehead atoms. The molecule has 0 fully saturated rings. The normalized spacial score (nSPS) is 11.1. The highest BCUT2D eigenvalue weighted by Crippen LogP contribution is 2.32. The van der Waals surface area contributed by atoms with Gasteiger partial charge in [-0.15, -0.1) is 0 Å². The summed E-state index contributed by atoms with van der Waals surface area (Å²) in [5, 5.41) is 0. The van der Waals surface area contributed by atoms with E-state index < -0.39 is 34.1 Å². The number of pyridine rings is 1. The van der Waals surface area contributed by atoms with Gasteiger partial charge in [0.1, 0.15) is 0 Å². The Morgan fingerprint density at radius 1 is 0.900 bits per heavy atom. The highest BCUT2D eigenvalue weighted by molar-refractivity contribution is 7.97. The number of benzene rings is 2. The fourth-order valence-corrected chi connectivity index (χ4v) is 3.64. The number of aromatic nitrogens is 1. The molecule has 0 aliphatic rings. The van der Waals surface area contributed by atoms with Crippen LogP contribution in [0.5, 0.6) is 0 Å². The Labute approximate surface area is 174 Å². The maximum atomic E-state index is 14.2. The standard InChI is InChI=1S/C21H16F5N3S/c1-12(27)15-5-2-13(3-6-15)10-29(11-14-4-7-18(23)28-9-14)30-17-8-16(22)19(24)21(26)20(17)25/h2-9H,1,10-11,27H2. The smallest absolute Gasteiger partial charge is 0.212 e. The molecule has 3 rings (SSSR count). The third-order valence-electron chi connectivity index (χ3n) is 4.13. The van der Waals surface area contributed by atoms with E-state index in [1.165, 1.54) is 12.3 Å². The van der Waals surface area contributed by atoms with E-state index in [0.717, 1.165) is 17.2 Å². The van der Waals surface area contributed by atoms with Crippen LogP contribution in [0.2, 0.25) is 0 Å². The van der Waals surface area contributed by atoms with E-state index in [9.17, 15) is 22.0 Å². The minimum Gasteiger partial charge on any atom is -0.399 e. The molecule has 0 unspecified atom stereocenters. The average Bonchev–Trinajstić information content (AvgIpc) is 2.72. The van der Waals surface area contributed by atoms with Crippen molar-refractivity contribution >= 4 is 17.6 Å². The summed E-state index contributed by atoms with van der Waals surface area (Å²) >= 11 is 0.705. The number of hydrogen-bond acceptors (Lipinski definition) is 4. The molecule has 2 N–H and O–H groups in total. The quantitative estimate of drug-likeness (QED) is 0.176. The van der Waals surface area contributed by atoms with Crippen LogP contribution < -0.4 is 5.73 Å². The van der Waals surface area contributed by atoms with Crippen molar-refractivity contribution in [1.82, 2.24) is 9.29 Å². The van der Waals surface area contributed by atoms with Crippen molar-refractivity contribution in [3.63, 3.8) is 0 Å². The number of nitrogens with two attached hydrogens (primary N) is 1. The number of nitrogens with zero attached hydrogens (tertiary/aromatic N) is 2. The summed E-state index contributed by atoms with van der Waals surface area (Å²) in [7, 11) is 0. The number of hydrogen-bond donors (Lipinski definition) is 1. The molecular formula is C21H16F5N3S. The van der Waals surface area contributed by atoms with Crippen LogP contribution in [0.1, 0.15) is 16.7 Å². The van der Waals surface area contributed by atoms with Gasteiger partial charge in [-0.05, 0) is 40.8 Å². The fourth-order valence-electron chi connectivity index (χ4n) is 2.61. The minimum atomic E-state index is -1.88. The minimum absolute atomic E-state index is 0.142. The average molecular weight is 437 g/mol. The molecule has 0 aliphatic heterocycles. The van der Waals surface area contributed by atoms with Crippen molar-refractivity contribution in [3.05, 3.63) is 101 Å². The van der Waals surface area contributed by atoms with Gasteiger partial charge in [0.05, 0.1) is 4.90 Å². The first kappa shape index (κ1) is 21.8. The zero-order chi connectivity index (χ0) is 21.8. The Balaban J connectivity index is 1.89. The Hall–Kier alpha value is -2.91. The lowest BCUT2D eigenvalue weighted by Gasteiger charge is -2.22. The van der Waals surface area contributed by atoms with Crippen LogP contribution in [-0.4, -0.2) is 9.29 Å². The van der Waals surface area contributed by atoms with Gasteiger partial charge in [0.15, 0.2) is 23.3 Å². The summed E-state index contributed by atoms with van der Waals surface area (Å²) < 4.78 is 69.3. The Morgan fingerprint density at radius 3 is 2.13 bits per heavy atom. The van der Waals surface area contributed by atoms with Gasteiger partial charge >= 0.3 is 0 Å². The second kappa shape index (κ2) is 9.27. The van der Waals surface area contributed by atoms with E-state index in [0.29, 0.717) is 29.3 Å². The Morgan fingerprint density at radius 2 is 1.53 bits per heavy atom. The lowest BCUT2D eigenvalue weighted by atomic mass is 10.1. The lowest BCUT2D eigenvalue weighted by Crippen LogP contribution is -2.16. The monoisotopic (exact) mass is 437 g/mol. The van der Waals surface area contributed by atoms with E-state index in [-0.39, 0.29) is 13.1 Å². The van der Waals surface area contributed by atoms with Crippen molar-refractivity contribution in [2.24, 2.45) is 5.73 Å². The molecule has 156 valence electrons. The molecule has 0 spiro atoms. The van der Waals surface area contributed by atoms with E-state index in [1.807, 2.05) is 0 Å². The molecular weight excluding hydrogens is 421 g/mol. The zero-order valence-electron chi connectivity index (χ0n) is 15.5. The SMILES string of the molecule is C=C(N)c1ccc(CN(Cc2ccc(F)nc2)Sc2cc(F)c(F)c(F)c2F)cc1. The summed E-state index contributed by atoms with van der Waals surface area (Å²) in [6.45, 7) is 4.01. The summed E-state index contributed by atoms with van der Waals surface area (Å²) in [4.78, 5) is 3.14. The molecule has 0 radical (unpaired) electrons. The van der Waals surface area contributed by atoms with E-state index in [2.05, 4.69) is 11.6 Å². The van der Waals surface area contributed by atoms with Gasteiger partial charge in [-0.1, -0.05) is 36.9 Å². The molecule has 9 heteroatoms. The van der Waals surface area contributed by atoms with Gasteiger partial charge in [-0.25, -0.2) is 26.9 Å². The molecule has 1 aromatic heterocycles. The number of rotatable bonds is 7. The van der Waals surface area contributed by atoms with Crippen LogP contribution in [0, 0.1) is 29.2 Å². The highest BCUT2D eigenvalue weighted by atomic mass is 32.2. The molecule has 0 amide bonds. The second-order valence-corrected chi connectivity index (χ2v) is 7.54. The van der Waals surface area contributed by atoms with E-state index in [4.69, 9.17) is 5.73 Å². The topological polar surface area (TPSA) is 42.1 Å². The third kappa shape index (κ3) is 5.17. The zero-order valence-corrected chi connectivity index (χ0v) is 16.3. The van der Waals surface area contributed by atoms with Crippen molar-refractivity contribution in [2.45, 2.75) is 18.0 Å². The van der Waals surface area contributed by atoms with Crippen LogP contribution in [-0.2, 0) is 13.1 Å². The summed E-state index contributed by atoms with van der Waals surface area (Å²) in [6, 6.07) is 10.3. The first-order chi connectivity index (χ1) is 14.2. The molecule has 3 aromatic rings.